The van der Waals surface area contributed by atoms with E-state index in [2.05, 4.69) is 4.98 Å². The molecular formula is C24H25N3O6S. The minimum absolute atomic E-state index is 0.0643. The Hall–Kier alpha value is -3.53. The summed E-state index contributed by atoms with van der Waals surface area (Å²) >= 11 is 1.16. The topological polar surface area (TPSA) is 111 Å². The van der Waals surface area contributed by atoms with E-state index < -0.39 is 11.9 Å². The summed E-state index contributed by atoms with van der Waals surface area (Å²) in [4.78, 5) is 43.9. The maximum atomic E-state index is 13.5. The van der Waals surface area contributed by atoms with Crippen LogP contribution in [0.5, 0.6) is 11.5 Å². The monoisotopic (exact) mass is 483 g/mol. The number of ether oxygens (including phenoxy) is 2. The van der Waals surface area contributed by atoms with Crippen LogP contribution in [0.25, 0.3) is 16.6 Å². The highest BCUT2D eigenvalue weighted by Gasteiger charge is 2.27. The number of aliphatic carboxylic acids is 1. The standard InChI is InChI=1S/C24H25N3O6S/c1-32-16-7-8-20(33-2)19(13-16)27-22(29)17-5-3-4-6-18(17)25-24(27)34-14-21(28)26-11-9-15(10-12-26)23(30)31/h3-8,13,15H,9-12,14H2,1-2H3,(H,30,31). The van der Waals surface area contributed by atoms with Gasteiger partial charge in [-0.3, -0.25) is 19.0 Å². The third-order valence-corrected chi connectivity index (χ3v) is 6.82. The molecular weight excluding hydrogens is 458 g/mol. The second kappa shape index (κ2) is 10.2. The lowest BCUT2D eigenvalue weighted by Crippen LogP contribution is -2.41. The van der Waals surface area contributed by atoms with Crippen LogP contribution in [-0.2, 0) is 9.59 Å². The molecule has 0 bridgehead atoms. The predicted molar refractivity (Wildman–Crippen MR) is 128 cm³/mol. The van der Waals surface area contributed by atoms with Crippen LogP contribution in [0.3, 0.4) is 0 Å². The lowest BCUT2D eigenvalue weighted by molar-refractivity contribution is -0.145. The SMILES string of the molecule is COc1ccc(OC)c(-n2c(SCC(=O)N3CCC(C(=O)O)CC3)nc3ccccc3c2=O)c1. The summed E-state index contributed by atoms with van der Waals surface area (Å²) in [5.41, 5.74) is 0.708. The number of carboxylic acids is 1. The van der Waals surface area contributed by atoms with Crippen molar-refractivity contribution in [1.29, 1.82) is 0 Å². The summed E-state index contributed by atoms with van der Waals surface area (Å²) < 4.78 is 12.3. The van der Waals surface area contributed by atoms with Gasteiger partial charge in [0.25, 0.3) is 5.56 Å². The van der Waals surface area contributed by atoms with Crippen LogP contribution in [-0.4, -0.2) is 64.5 Å². The van der Waals surface area contributed by atoms with Crippen LogP contribution in [0.4, 0.5) is 0 Å². The molecule has 1 aliphatic heterocycles. The largest absolute Gasteiger partial charge is 0.497 e. The van der Waals surface area contributed by atoms with E-state index in [-0.39, 0.29) is 17.2 Å². The van der Waals surface area contributed by atoms with E-state index in [1.165, 1.54) is 18.8 Å². The normalized spacial score (nSPS) is 14.2. The number of benzene rings is 2. The number of carbonyl (C=O) groups is 2. The number of thioether (sulfide) groups is 1. The zero-order valence-corrected chi connectivity index (χ0v) is 19.7. The Morgan fingerprint density at radius 3 is 2.53 bits per heavy atom. The molecule has 178 valence electrons. The second-order valence-electron chi connectivity index (χ2n) is 7.87. The van der Waals surface area contributed by atoms with Gasteiger partial charge in [0.2, 0.25) is 5.91 Å². The highest BCUT2D eigenvalue weighted by atomic mass is 32.2. The van der Waals surface area contributed by atoms with E-state index in [0.29, 0.717) is 59.2 Å². The van der Waals surface area contributed by atoms with Gasteiger partial charge in [-0.1, -0.05) is 23.9 Å². The quantitative estimate of drug-likeness (QED) is 0.403. The highest BCUT2D eigenvalue weighted by Crippen LogP contribution is 2.31. The molecule has 3 aromatic rings. The van der Waals surface area contributed by atoms with Gasteiger partial charge in [-0.2, -0.15) is 0 Å². The number of amides is 1. The average molecular weight is 484 g/mol. The lowest BCUT2D eigenvalue weighted by atomic mass is 9.97. The van der Waals surface area contributed by atoms with Gasteiger partial charge in [-0.25, -0.2) is 4.98 Å². The first-order chi connectivity index (χ1) is 16.4. The zero-order valence-electron chi connectivity index (χ0n) is 18.9. The number of hydrogen-bond acceptors (Lipinski definition) is 7. The molecule has 1 N–H and O–H groups in total. The summed E-state index contributed by atoms with van der Waals surface area (Å²) in [5.74, 6) is -0.287. The third kappa shape index (κ3) is 4.72. The smallest absolute Gasteiger partial charge is 0.306 e. The van der Waals surface area contributed by atoms with E-state index in [1.807, 2.05) is 0 Å². The number of nitrogens with zero attached hydrogens (tertiary/aromatic N) is 3. The minimum atomic E-state index is -0.821. The molecule has 1 fully saturated rings. The van der Waals surface area contributed by atoms with Crippen LogP contribution < -0.4 is 15.0 Å². The Kier molecular flexibility index (Phi) is 7.06. The fourth-order valence-electron chi connectivity index (χ4n) is 3.99. The number of carbonyl (C=O) groups excluding carboxylic acids is 1. The molecule has 1 amide bonds. The van der Waals surface area contributed by atoms with Gasteiger partial charge in [-0.05, 0) is 37.1 Å². The fraction of sp³-hybridized carbons (Fsp3) is 0.333. The van der Waals surface area contributed by atoms with E-state index in [0.717, 1.165) is 11.8 Å². The zero-order chi connectivity index (χ0) is 24.2. The van der Waals surface area contributed by atoms with Gasteiger partial charge in [0.15, 0.2) is 5.16 Å². The van der Waals surface area contributed by atoms with Crippen LogP contribution in [0, 0.1) is 5.92 Å². The molecule has 34 heavy (non-hydrogen) atoms. The van der Waals surface area contributed by atoms with Crippen molar-refractivity contribution in [1.82, 2.24) is 14.5 Å². The van der Waals surface area contributed by atoms with Gasteiger partial charge in [0.1, 0.15) is 11.5 Å². The number of carboxylic acid groups (broad SMARTS) is 1. The van der Waals surface area contributed by atoms with Gasteiger partial charge in [-0.15, -0.1) is 0 Å². The van der Waals surface area contributed by atoms with Crippen molar-refractivity contribution in [2.45, 2.75) is 18.0 Å². The average Bonchev–Trinajstić information content (AvgIpc) is 2.87. The van der Waals surface area contributed by atoms with Gasteiger partial charge < -0.3 is 19.5 Å². The molecule has 1 saturated heterocycles. The van der Waals surface area contributed by atoms with Gasteiger partial charge in [0, 0.05) is 19.2 Å². The molecule has 0 spiro atoms. The molecule has 9 nitrogen and oxygen atoms in total. The maximum Gasteiger partial charge on any atom is 0.306 e. The molecule has 0 unspecified atom stereocenters. The Morgan fingerprint density at radius 1 is 1.12 bits per heavy atom. The van der Waals surface area contributed by atoms with Crippen LogP contribution in [0.15, 0.2) is 52.4 Å². The molecule has 0 atom stereocenters. The minimum Gasteiger partial charge on any atom is -0.497 e. The molecule has 2 heterocycles. The summed E-state index contributed by atoms with van der Waals surface area (Å²) in [6, 6.07) is 12.2. The lowest BCUT2D eigenvalue weighted by Gasteiger charge is -2.30. The number of piperidine rings is 1. The summed E-state index contributed by atoms with van der Waals surface area (Å²) in [7, 11) is 3.05. The first-order valence-corrected chi connectivity index (χ1v) is 11.8. The summed E-state index contributed by atoms with van der Waals surface area (Å²) in [6.07, 6.45) is 0.872. The van der Waals surface area contributed by atoms with Crippen molar-refractivity contribution < 1.29 is 24.2 Å². The number of methoxy groups -OCH3 is 2. The first-order valence-electron chi connectivity index (χ1n) is 10.8. The predicted octanol–water partition coefficient (Wildman–Crippen LogP) is 2.82. The van der Waals surface area contributed by atoms with Gasteiger partial charge >= 0.3 is 5.97 Å². The molecule has 4 rings (SSSR count). The molecule has 1 aliphatic rings. The van der Waals surface area contributed by atoms with E-state index in [1.54, 1.807) is 47.4 Å². The van der Waals surface area contributed by atoms with Crippen molar-refractivity contribution in [2.24, 2.45) is 5.92 Å². The highest BCUT2D eigenvalue weighted by molar-refractivity contribution is 7.99. The van der Waals surface area contributed by atoms with Crippen LogP contribution in [0.2, 0.25) is 0 Å². The molecule has 2 aromatic carbocycles. The number of hydrogen-bond donors (Lipinski definition) is 1. The van der Waals surface area contributed by atoms with E-state index >= 15 is 0 Å². The van der Waals surface area contributed by atoms with Crippen LogP contribution in [0.1, 0.15) is 12.8 Å². The molecule has 0 aliphatic carbocycles. The molecule has 0 radical (unpaired) electrons. The van der Waals surface area contributed by atoms with Crippen molar-refractivity contribution >= 4 is 34.5 Å². The van der Waals surface area contributed by atoms with E-state index in [4.69, 9.17) is 9.47 Å². The van der Waals surface area contributed by atoms with Crippen molar-refractivity contribution in [3.05, 3.63) is 52.8 Å². The van der Waals surface area contributed by atoms with E-state index in [9.17, 15) is 19.5 Å². The molecule has 1 aromatic heterocycles. The number of likely N-dealkylation sites (tertiary alicyclic amines) is 1. The number of para-hydroxylation sites is 1. The number of rotatable bonds is 7. The molecule has 10 heteroatoms. The Labute approximate surface area is 200 Å². The maximum absolute atomic E-state index is 13.5. The Balaban J connectivity index is 1.68. The Bertz CT molecular complexity index is 1280. The third-order valence-electron chi connectivity index (χ3n) is 5.89. The van der Waals surface area contributed by atoms with Crippen molar-refractivity contribution in [3.8, 4) is 17.2 Å². The summed E-state index contributed by atoms with van der Waals surface area (Å²) in [6.45, 7) is 0.802. The van der Waals surface area contributed by atoms with Crippen molar-refractivity contribution in [2.75, 3.05) is 33.1 Å². The van der Waals surface area contributed by atoms with Crippen molar-refractivity contribution in [3.63, 3.8) is 0 Å². The Morgan fingerprint density at radius 2 is 1.85 bits per heavy atom. The summed E-state index contributed by atoms with van der Waals surface area (Å²) in [5, 5.41) is 9.97. The number of aromatic nitrogens is 2. The number of fused-ring (bicyclic) bond motifs is 1. The second-order valence-corrected chi connectivity index (χ2v) is 8.81. The van der Waals surface area contributed by atoms with Gasteiger partial charge in [0.05, 0.1) is 42.5 Å². The van der Waals surface area contributed by atoms with Crippen LogP contribution >= 0.6 is 11.8 Å². The first kappa shape index (κ1) is 23.6. The molecule has 0 saturated carbocycles. The fourth-order valence-corrected chi connectivity index (χ4v) is 4.89.